The highest BCUT2D eigenvalue weighted by atomic mass is 16.5. The molecular formula is C15H18O5. The van der Waals surface area contributed by atoms with E-state index in [1.54, 1.807) is 12.1 Å². The van der Waals surface area contributed by atoms with Crippen molar-refractivity contribution in [2.24, 2.45) is 0 Å². The van der Waals surface area contributed by atoms with E-state index in [1.807, 2.05) is 12.1 Å². The molecule has 108 valence electrons. The summed E-state index contributed by atoms with van der Waals surface area (Å²) in [6, 6.07) is 7.28. The zero-order valence-corrected chi connectivity index (χ0v) is 11.2. The molecule has 0 aromatic heterocycles. The third-order valence-corrected chi connectivity index (χ3v) is 2.52. The summed E-state index contributed by atoms with van der Waals surface area (Å²) in [6.45, 7) is 4.04. The fraction of sp³-hybridized carbons (Fsp3) is 0.333. The number of carbonyl (C=O) groups excluding carboxylic acids is 1. The maximum absolute atomic E-state index is 10.8. The third-order valence-electron chi connectivity index (χ3n) is 2.52. The monoisotopic (exact) mass is 278 g/mol. The summed E-state index contributed by atoms with van der Waals surface area (Å²) in [7, 11) is 0. The van der Waals surface area contributed by atoms with Crippen molar-refractivity contribution in [1.29, 1.82) is 0 Å². The number of hydrogen-bond donors (Lipinski definition) is 1. The molecule has 20 heavy (non-hydrogen) atoms. The second kappa shape index (κ2) is 8.74. The molecular weight excluding hydrogens is 260 g/mol. The summed E-state index contributed by atoms with van der Waals surface area (Å²) in [5.41, 5.74) is 0.958. The molecule has 0 bridgehead atoms. The van der Waals surface area contributed by atoms with Crippen LogP contribution in [0.3, 0.4) is 0 Å². The van der Waals surface area contributed by atoms with Crippen molar-refractivity contribution in [2.75, 3.05) is 13.2 Å². The van der Waals surface area contributed by atoms with Crippen molar-refractivity contribution >= 4 is 11.9 Å². The molecule has 0 heterocycles. The number of esters is 1. The van der Waals surface area contributed by atoms with E-state index in [2.05, 4.69) is 6.58 Å². The number of carbonyl (C=O) groups is 2. The highest BCUT2D eigenvalue weighted by molar-refractivity contribution is 5.81. The minimum absolute atomic E-state index is 0.120. The first kappa shape index (κ1) is 15.8. The fourth-order valence-electron chi connectivity index (χ4n) is 1.48. The predicted octanol–water partition coefficient (Wildman–Crippen LogP) is 2.20. The van der Waals surface area contributed by atoms with Gasteiger partial charge in [0, 0.05) is 18.9 Å². The van der Waals surface area contributed by atoms with Gasteiger partial charge in [0.25, 0.3) is 0 Å². The summed E-state index contributed by atoms with van der Waals surface area (Å²) >= 11 is 0. The van der Waals surface area contributed by atoms with Crippen LogP contribution in [0.25, 0.3) is 0 Å². The van der Waals surface area contributed by atoms with Gasteiger partial charge in [-0.1, -0.05) is 18.7 Å². The van der Waals surface area contributed by atoms with Gasteiger partial charge in [-0.15, -0.1) is 0 Å². The minimum Gasteiger partial charge on any atom is -0.493 e. The van der Waals surface area contributed by atoms with E-state index in [4.69, 9.17) is 14.6 Å². The zero-order chi connectivity index (χ0) is 14.8. The quantitative estimate of drug-likeness (QED) is 0.426. The number of rotatable bonds is 9. The average Bonchev–Trinajstić information content (AvgIpc) is 2.45. The Balaban J connectivity index is 2.22. The number of carboxylic acids is 1. The van der Waals surface area contributed by atoms with E-state index in [1.165, 1.54) is 0 Å². The summed E-state index contributed by atoms with van der Waals surface area (Å²) < 4.78 is 10.3. The van der Waals surface area contributed by atoms with Crippen LogP contribution in [-0.4, -0.2) is 30.3 Å². The number of carboxylic acid groups (broad SMARTS) is 1. The van der Waals surface area contributed by atoms with E-state index in [0.717, 1.165) is 11.6 Å². The molecule has 0 atom stereocenters. The normalized spacial score (nSPS) is 9.80. The van der Waals surface area contributed by atoms with Crippen molar-refractivity contribution in [3.05, 3.63) is 42.5 Å². The zero-order valence-electron chi connectivity index (χ0n) is 11.2. The molecule has 0 aliphatic heterocycles. The molecule has 5 nitrogen and oxygen atoms in total. The predicted molar refractivity (Wildman–Crippen MR) is 73.7 cm³/mol. The Hall–Kier alpha value is -2.30. The summed E-state index contributed by atoms with van der Waals surface area (Å²) in [4.78, 5) is 21.2. The molecule has 0 amide bonds. The molecule has 0 saturated carbocycles. The van der Waals surface area contributed by atoms with Crippen molar-refractivity contribution in [1.82, 2.24) is 0 Å². The Morgan fingerprint density at radius 2 is 1.90 bits per heavy atom. The smallest absolute Gasteiger partial charge is 0.330 e. The number of hydrogen-bond acceptors (Lipinski definition) is 4. The van der Waals surface area contributed by atoms with E-state index in [-0.39, 0.29) is 6.42 Å². The molecule has 1 aromatic rings. The summed E-state index contributed by atoms with van der Waals surface area (Å²) in [5.74, 6) is -0.536. The first-order chi connectivity index (χ1) is 9.61. The third kappa shape index (κ3) is 6.58. The van der Waals surface area contributed by atoms with Crippen LogP contribution in [-0.2, 0) is 20.7 Å². The van der Waals surface area contributed by atoms with Crippen molar-refractivity contribution in [2.45, 2.75) is 19.3 Å². The molecule has 1 aromatic carbocycles. The second-order valence-electron chi connectivity index (χ2n) is 4.11. The molecule has 1 rings (SSSR count). The molecule has 0 aliphatic rings. The van der Waals surface area contributed by atoms with Crippen LogP contribution in [0, 0.1) is 0 Å². The maximum atomic E-state index is 10.8. The molecule has 1 N–H and O–H groups in total. The Labute approximate surface area is 117 Å². The molecule has 5 heteroatoms. The highest BCUT2D eigenvalue weighted by Gasteiger charge is 2.00. The Morgan fingerprint density at radius 1 is 1.20 bits per heavy atom. The molecule has 0 fully saturated rings. The van der Waals surface area contributed by atoms with Crippen molar-refractivity contribution < 1.29 is 24.2 Å². The Morgan fingerprint density at radius 3 is 2.50 bits per heavy atom. The molecule has 0 radical (unpaired) electrons. The number of aryl methyl sites for hydroxylation is 1. The number of aliphatic carboxylic acids is 1. The fourth-order valence-corrected chi connectivity index (χ4v) is 1.48. The second-order valence-corrected chi connectivity index (χ2v) is 4.11. The Kier molecular flexibility index (Phi) is 6.89. The molecule has 0 spiro atoms. The maximum Gasteiger partial charge on any atom is 0.330 e. The van der Waals surface area contributed by atoms with E-state index >= 15 is 0 Å². The van der Waals surface area contributed by atoms with Gasteiger partial charge in [-0.25, -0.2) is 4.79 Å². The number of ether oxygens (including phenoxy) is 2. The molecule has 0 saturated heterocycles. The summed E-state index contributed by atoms with van der Waals surface area (Å²) in [6.07, 6.45) is 2.35. The number of benzene rings is 1. The molecule has 0 aliphatic carbocycles. The standard InChI is InChI=1S/C15H18O5/c1-2-15(18)20-11-3-10-19-13-7-4-12(5-8-13)6-9-14(16)17/h2,4-5,7-8H,1,3,6,9-11H2,(H,16,17). The van der Waals surface area contributed by atoms with Crippen LogP contribution in [0.5, 0.6) is 5.75 Å². The van der Waals surface area contributed by atoms with Gasteiger partial charge in [-0.3, -0.25) is 4.79 Å². The van der Waals surface area contributed by atoms with Gasteiger partial charge in [-0.05, 0) is 24.1 Å². The lowest BCUT2D eigenvalue weighted by Crippen LogP contribution is -2.06. The van der Waals surface area contributed by atoms with E-state index in [0.29, 0.717) is 31.8 Å². The van der Waals surface area contributed by atoms with Crippen molar-refractivity contribution in [3.63, 3.8) is 0 Å². The largest absolute Gasteiger partial charge is 0.493 e. The average molecular weight is 278 g/mol. The lowest BCUT2D eigenvalue weighted by atomic mass is 10.1. The van der Waals surface area contributed by atoms with Gasteiger partial charge in [0.05, 0.1) is 13.2 Å². The first-order valence-electron chi connectivity index (χ1n) is 6.34. The lowest BCUT2D eigenvalue weighted by molar-refractivity contribution is -0.138. The van der Waals surface area contributed by atoms with E-state index < -0.39 is 11.9 Å². The first-order valence-corrected chi connectivity index (χ1v) is 6.34. The van der Waals surface area contributed by atoms with Crippen LogP contribution in [0.15, 0.2) is 36.9 Å². The highest BCUT2D eigenvalue weighted by Crippen LogP contribution is 2.13. The van der Waals surface area contributed by atoms with Gasteiger partial charge in [-0.2, -0.15) is 0 Å². The van der Waals surface area contributed by atoms with Gasteiger partial charge < -0.3 is 14.6 Å². The van der Waals surface area contributed by atoms with Crippen LogP contribution in [0.2, 0.25) is 0 Å². The minimum atomic E-state index is -0.806. The van der Waals surface area contributed by atoms with Crippen molar-refractivity contribution in [3.8, 4) is 5.75 Å². The SMILES string of the molecule is C=CC(=O)OCCCOc1ccc(CCC(=O)O)cc1. The topological polar surface area (TPSA) is 72.8 Å². The Bertz CT molecular complexity index is 450. The van der Waals surface area contributed by atoms with Crippen LogP contribution >= 0.6 is 0 Å². The lowest BCUT2D eigenvalue weighted by Gasteiger charge is -2.07. The molecule has 0 unspecified atom stereocenters. The van der Waals surface area contributed by atoms with Gasteiger partial charge in [0.1, 0.15) is 5.75 Å². The van der Waals surface area contributed by atoms with Gasteiger partial charge in [0.15, 0.2) is 0 Å². The van der Waals surface area contributed by atoms with Crippen LogP contribution in [0.1, 0.15) is 18.4 Å². The van der Waals surface area contributed by atoms with Crippen LogP contribution in [0.4, 0.5) is 0 Å². The summed E-state index contributed by atoms with van der Waals surface area (Å²) in [5, 5.41) is 8.59. The van der Waals surface area contributed by atoms with Crippen LogP contribution < -0.4 is 4.74 Å². The van der Waals surface area contributed by atoms with Gasteiger partial charge in [0.2, 0.25) is 0 Å². The van der Waals surface area contributed by atoms with Gasteiger partial charge >= 0.3 is 11.9 Å². The van der Waals surface area contributed by atoms with E-state index in [9.17, 15) is 9.59 Å².